The predicted octanol–water partition coefficient (Wildman–Crippen LogP) is 2.91. The summed E-state index contributed by atoms with van der Waals surface area (Å²) >= 11 is 11.9. The van der Waals surface area contributed by atoms with Crippen LogP contribution < -0.4 is 11.1 Å². The second-order valence-corrected chi connectivity index (χ2v) is 6.86. The minimum atomic E-state index is -0.485. The molecule has 1 fully saturated rings. The SMILES string of the molecule is CC(N)C(C)C(=O)N1CCCC1C(=O)Nc1cc(Cl)cc(Cl)c1. The van der Waals surface area contributed by atoms with E-state index in [0.717, 1.165) is 6.42 Å². The van der Waals surface area contributed by atoms with Gasteiger partial charge in [0.2, 0.25) is 11.8 Å². The van der Waals surface area contributed by atoms with Gasteiger partial charge in [0.1, 0.15) is 6.04 Å². The van der Waals surface area contributed by atoms with Crippen molar-refractivity contribution in [3.05, 3.63) is 28.2 Å². The van der Waals surface area contributed by atoms with Crippen LogP contribution in [-0.2, 0) is 9.59 Å². The van der Waals surface area contributed by atoms with Crippen LogP contribution in [0.15, 0.2) is 18.2 Å². The highest BCUT2D eigenvalue weighted by atomic mass is 35.5. The standard InChI is InChI=1S/C16H21Cl2N3O2/c1-9(10(2)19)16(23)21-5-3-4-14(21)15(22)20-13-7-11(17)6-12(18)8-13/h6-10,14H,3-5,19H2,1-2H3,(H,20,22). The Kier molecular flexibility index (Phi) is 5.89. The van der Waals surface area contributed by atoms with E-state index >= 15 is 0 Å². The Morgan fingerprint density at radius 1 is 1.26 bits per heavy atom. The number of amides is 2. The largest absolute Gasteiger partial charge is 0.330 e. The van der Waals surface area contributed by atoms with Gasteiger partial charge in [-0.1, -0.05) is 30.1 Å². The van der Waals surface area contributed by atoms with Gasteiger partial charge in [-0.25, -0.2) is 0 Å². The van der Waals surface area contributed by atoms with E-state index in [2.05, 4.69) is 5.32 Å². The number of hydrogen-bond donors (Lipinski definition) is 2. The Morgan fingerprint density at radius 2 is 1.87 bits per heavy atom. The summed E-state index contributed by atoms with van der Waals surface area (Å²) in [5, 5.41) is 3.67. The van der Waals surface area contributed by atoms with E-state index in [9.17, 15) is 9.59 Å². The number of carbonyl (C=O) groups excluding carboxylic acids is 2. The van der Waals surface area contributed by atoms with Crippen LogP contribution in [0.2, 0.25) is 10.0 Å². The topological polar surface area (TPSA) is 75.4 Å². The molecule has 1 aliphatic heterocycles. The monoisotopic (exact) mass is 357 g/mol. The molecule has 1 aliphatic rings. The maximum absolute atomic E-state index is 12.5. The molecule has 3 atom stereocenters. The highest BCUT2D eigenvalue weighted by Crippen LogP contribution is 2.25. The quantitative estimate of drug-likeness (QED) is 0.869. The molecule has 3 unspecified atom stereocenters. The average Bonchev–Trinajstić information content (AvgIpc) is 2.93. The molecule has 0 bridgehead atoms. The first-order valence-corrected chi connectivity index (χ1v) is 8.38. The number of halogens is 2. The van der Waals surface area contributed by atoms with Crippen LogP contribution in [0.5, 0.6) is 0 Å². The number of nitrogens with one attached hydrogen (secondary N) is 1. The fraction of sp³-hybridized carbons (Fsp3) is 0.500. The summed E-state index contributed by atoms with van der Waals surface area (Å²) in [7, 11) is 0. The molecule has 2 rings (SSSR count). The van der Waals surface area contributed by atoms with Gasteiger partial charge in [0, 0.05) is 28.3 Å². The zero-order valence-electron chi connectivity index (χ0n) is 13.2. The lowest BCUT2D eigenvalue weighted by atomic mass is 10.0. The number of carbonyl (C=O) groups is 2. The molecule has 5 nitrogen and oxygen atoms in total. The van der Waals surface area contributed by atoms with Gasteiger partial charge in [-0.05, 0) is 38.0 Å². The van der Waals surface area contributed by atoms with Crippen molar-refractivity contribution in [2.24, 2.45) is 11.7 Å². The third-order valence-electron chi connectivity index (χ3n) is 4.15. The van der Waals surface area contributed by atoms with Gasteiger partial charge in [0.25, 0.3) is 0 Å². The zero-order valence-corrected chi connectivity index (χ0v) is 14.7. The number of nitrogens with two attached hydrogens (primary N) is 1. The smallest absolute Gasteiger partial charge is 0.247 e. The van der Waals surface area contributed by atoms with Gasteiger partial charge in [-0.15, -0.1) is 0 Å². The van der Waals surface area contributed by atoms with Crippen molar-refractivity contribution in [1.82, 2.24) is 4.90 Å². The van der Waals surface area contributed by atoms with Gasteiger partial charge in [0.05, 0.1) is 5.92 Å². The molecule has 0 saturated carbocycles. The molecule has 23 heavy (non-hydrogen) atoms. The van der Waals surface area contributed by atoms with E-state index in [0.29, 0.717) is 28.7 Å². The van der Waals surface area contributed by atoms with Gasteiger partial charge >= 0.3 is 0 Å². The molecule has 1 heterocycles. The number of hydrogen-bond acceptors (Lipinski definition) is 3. The normalized spacial score (nSPS) is 20.2. The lowest BCUT2D eigenvalue weighted by Gasteiger charge is -2.28. The first kappa shape index (κ1) is 18.0. The van der Waals surface area contributed by atoms with E-state index in [1.54, 1.807) is 36.9 Å². The average molecular weight is 358 g/mol. The summed E-state index contributed by atoms with van der Waals surface area (Å²) in [4.78, 5) is 26.6. The van der Waals surface area contributed by atoms with E-state index in [-0.39, 0.29) is 23.8 Å². The van der Waals surface area contributed by atoms with Crippen LogP contribution >= 0.6 is 23.2 Å². The summed E-state index contributed by atoms with van der Waals surface area (Å²) in [6.45, 7) is 4.16. The Hall–Kier alpha value is -1.30. The molecule has 0 radical (unpaired) electrons. The second-order valence-electron chi connectivity index (χ2n) is 5.98. The van der Waals surface area contributed by atoms with Crippen molar-refractivity contribution in [3.8, 4) is 0 Å². The molecular weight excluding hydrogens is 337 g/mol. The van der Waals surface area contributed by atoms with E-state index in [4.69, 9.17) is 28.9 Å². The highest BCUT2D eigenvalue weighted by molar-refractivity contribution is 6.35. The molecule has 0 aliphatic carbocycles. The van der Waals surface area contributed by atoms with E-state index < -0.39 is 6.04 Å². The lowest BCUT2D eigenvalue weighted by molar-refractivity contribution is -0.140. The zero-order chi connectivity index (χ0) is 17.1. The summed E-state index contributed by atoms with van der Waals surface area (Å²) in [6, 6.07) is 4.10. The van der Waals surface area contributed by atoms with E-state index in [1.807, 2.05) is 0 Å². The van der Waals surface area contributed by atoms with E-state index in [1.165, 1.54) is 0 Å². The van der Waals surface area contributed by atoms with Crippen LogP contribution in [0.1, 0.15) is 26.7 Å². The molecular formula is C16H21Cl2N3O2. The fourth-order valence-electron chi connectivity index (χ4n) is 2.64. The number of likely N-dealkylation sites (tertiary alicyclic amines) is 1. The van der Waals surface area contributed by atoms with Crippen LogP contribution in [0.25, 0.3) is 0 Å². The predicted molar refractivity (Wildman–Crippen MR) is 92.6 cm³/mol. The summed E-state index contributed by atoms with van der Waals surface area (Å²) in [6.07, 6.45) is 1.43. The maximum Gasteiger partial charge on any atom is 0.247 e. The molecule has 2 amide bonds. The number of rotatable bonds is 4. The molecule has 126 valence electrons. The van der Waals surface area contributed by atoms with Crippen LogP contribution in [0.4, 0.5) is 5.69 Å². The Balaban J connectivity index is 2.10. The lowest BCUT2D eigenvalue weighted by Crippen LogP contribution is -2.48. The van der Waals surface area contributed by atoms with Crippen molar-refractivity contribution in [2.45, 2.75) is 38.8 Å². The first-order valence-electron chi connectivity index (χ1n) is 7.62. The molecule has 0 aromatic heterocycles. The minimum Gasteiger partial charge on any atom is -0.330 e. The van der Waals surface area contributed by atoms with Gasteiger partial charge in [0.15, 0.2) is 0 Å². The van der Waals surface area contributed by atoms with Crippen molar-refractivity contribution >= 4 is 40.7 Å². The molecule has 1 saturated heterocycles. The molecule has 0 spiro atoms. The van der Waals surface area contributed by atoms with Gasteiger partial charge in [-0.2, -0.15) is 0 Å². The third-order valence-corrected chi connectivity index (χ3v) is 4.58. The first-order chi connectivity index (χ1) is 10.8. The molecule has 1 aromatic carbocycles. The molecule has 3 N–H and O–H groups in total. The number of nitrogens with zero attached hydrogens (tertiary/aromatic N) is 1. The Labute approximate surface area is 146 Å². The number of anilines is 1. The van der Waals surface area contributed by atoms with Crippen LogP contribution in [0.3, 0.4) is 0 Å². The minimum absolute atomic E-state index is 0.0817. The summed E-state index contributed by atoms with van der Waals surface area (Å²) in [5.41, 5.74) is 6.33. The van der Waals surface area contributed by atoms with Crippen LogP contribution in [0, 0.1) is 5.92 Å². The van der Waals surface area contributed by atoms with Gasteiger partial charge < -0.3 is 16.0 Å². The Bertz CT molecular complexity index is 587. The van der Waals surface area contributed by atoms with Crippen molar-refractivity contribution < 1.29 is 9.59 Å². The van der Waals surface area contributed by atoms with Crippen molar-refractivity contribution in [3.63, 3.8) is 0 Å². The summed E-state index contributed by atoms with van der Waals surface area (Å²) in [5.74, 6) is -0.628. The van der Waals surface area contributed by atoms with Crippen molar-refractivity contribution in [2.75, 3.05) is 11.9 Å². The Morgan fingerprint density at radius 3 is 2.43 bits per heavy atom. The maximum atomic E-state index is 12.5. The highest BCUT2D eigenvalue weighted by Gasteiger charge is 2.36. The van der Waals surface area contributed by atoms with Gasteiger partial charge in [-0.3, -0.25) is 9.59 Å². The number of benzene rings is 1. The van der Waals surface area contributed by atoms with Crippen molar-refractivity contribution in [1.29, 1.82) is 0 Å². The molecule has 1 aromatic rings. The fourth-order valence-corrected chi connectivity index (χ4v) is 3.17. The second kappa shape index (κ2) is 7.51. The van der Waals surface area contributed by atoms with Crippen LogP contribution in [-0.4, -0.2) is 35.3 Å². The summed E-state index contributed by atoms with van der Waals surface area (Å²) < 4.78 is 0. The third kappa shape index (κ3) is 4.37. The molecule has 7 heteroatoms.